The van der Waals surface area contributed by atoms with Crippen molar-refractivity contribution in [2.45, 2.75) is 97.4 Å². The summed E-state index contributed by atoms with van der Waals surface area (Å²) in [6.45, 7) is 7.43. The monoisotopic (exact) mass is 1550 g/mol. The Morgan fingerprint density at radius 2 is 0.784 bits per heavy atom. The molecule has 6 aromatic rings. The van der Waals surface area contributed by atoms with Gasteiger partial charge in [0.15, 0.2) is 5.82 Å². The maximum Gasteiger partial charge on any atom is 0.419 e. The topological polar surface area (TPSA) is 77.3 Å². The Kier molecular flexibility index (Phi) is 114. The van der Waals surface area contributed by atoms with E-state index in [2.05, 4.69) is 29.9 Å². The Hall–Kier alpha value is -1.50. The second kappa shape index (κ2) is 67.6. The summed E-state index contributed by atoms with van der Waals surface area (Å²) in [5, 5.41) is 0. The zero-order valence-corrected chi connectivity index (χ0v) is 51.9. The van der Waals surface area contributed by atoms with Gasteiger partial charge < -0.3 is 44.6 Å². The quantitative estimate of drug-likeness (QED) is 0.0744. The SMILES string of the molecule is C.C.C.C.C.C.CCc1ccnc(F)c1.CCc1ccncc1F.Cc1ccnc(F)c1.Cc1ccncc1F.Fc1cc(C(F)(F)F)ccn1.Fc1cnccc1C(F)(F)F.[CH3-].[CH3-].[CH3-].[CH3-].[CH3-].[CH3-].[Nb].[Nb].[Nb].[Nb].[Nb].[Nb]. The van der Waals surface area contributed by atoms with Crippen LogP contribution in [0.5, 0.6) is 0 Å². The molecule has 0 bridgehead atoms. The molecule has 0 fully saturated rings. The van der Waals surface area contributed by atoms with Gasteiger partial charge in [-0.3, -0.25) is 15.0 Å². The van der Waals surface area contributed by atoms with Crippen LogP contribution < -0.4 is 0 Å². The van der Waals surface area contributed by atoms with E-state index in [9.17, 15) is 52.7 Å². The second-order valence-corrected chi connectivity index (χ2v) is 10.7. The predicted octanol–water partition coefficient (Wildman–Crippen LogP) is 17.6. The predicted molar refractivity (Wildman–Crippen MR) is 262 cm³/mol. The zero-order chi connectivity index (χ0) is 42.3. The molecule has 0 N–H and O–H groups in total. The van der Waals surface area contributed by atoms with Gasteiger partial charge in [-0.25, -0.2) is 28.1 Å². The van der Waals surface area contributed by atoms with Crippen LogP contribution in [0.1, 0.15) is 91.8 Å². The fourth-order valence-electron chi connectivity index (χ4n) is 3.48. The molecular weight excluding hydrogens is 1470 g/mol. The summed E-state index contributed by atoms with van der Waals surface area (Å²) in [4.78, 5) is 20.2. The molecule has 0 unspecified atom stereocenters. The minimum atomic E-state index is -4.63. The van der Waals surface area contributed by atoms with Gasteiger partial charge in [0.1, 0.15) is 11.6 Å². The van der Waals surface area contributed by atoms with Gasteiger partial charge in [0.2, 0.25) is 17.8 Å². The summed E-state index contributed by atoms with van der Waals surface area (Å²) in [5.41, 5.74) is 0.947. The summed E-state index contributed by atoms with van der Waals surface area (Å²) < 4.78 is 144. The van der Waals surface area contributed by atoms with E-state index in [4.69, 9.17) is 0 Å². The number of hydrogen-bond acceptors (Lipinski definition) is 6. The van der Waals surface area contributed by atoms with Crippen LogP contribution in [-0.2, 0) is 159 Å². The number of aromatic nitrogens is 6. The molecule has 6 radical (unpaired) electrons. The summed E-state index contributed by atoms with van der Waals surface area (Å²) in [6.07, 6.45) is 3.20. The second-order valence-electron chi connectivity index (χ2n) is 10.7. The van der Waals surface area contributed by atoms with Gasteiger partial charge in [0.25, 0.3) is 0 Å². The van der Waals surface area contributed by atoms with Crippen molar-refractivity contribution >= 4 is 0 Å². The van der Waals surface area contributed by atoms with E-state index in [1.165, 1.54) is 36.9 Å². The van der Waals surface area contributed by atoms with Gasteiger partial charge >= 0.3 is 12.4 Å². The van der Waals surface area contributed by atoms with Crippen LogP contribution in [-0.4, -0.2) is 29.9 Å². The average molecular weight is 1550 g/mol. The number of alkyl halides is 6. The van der Waals surface area contributed by atoms with Crippen molar-refractivity contribution < 1.29 is 187 Å². The Morgan fingerprint density at radius 3 is 1.03 bits per heavy atom. The van der Waals surface area contributed by atoms with Crippen molar-refractivity contribution in [3.63, 3.8) is 0 Å². The number of rotatable bonds is 2. The third-order valence-electron chi connectivity index (χ3n) is 6.43. The fourth-order valence-corrected chi connectivity index (χ4v) is 3.48. The molecule has 0 saturated carbocycles. The molecular formula is C50H76F12N6Nb6-6. The summed E-state index contributed by atoms with van der Waals surface area (Å²) in [6, 6.07) is 11.4. The molecule has 0 amide bonds. The number of halogens is 12. The fraction of sp³-hybridized carbons (Fsp3) is 0.280. The molecule has 6 heterocycles. The first-order valence-corrected chi connectivity index (χ1v) is 16.0. The number of hydrogen-bond donors (Lipinski definition) is 0. The first kappa shape index (κ1) is 125. The van der Waals surface area contributed by atoms with Gasteiger partial charge in [-0.05, 0) is 97.5 Å². The van der Waals surface area contributed by atoms with Crippen molar-refractivity contribution in [2.75, 3.05) is 0 Å². The Bertz CT molecular complexity index is 2020. The maximum absolute atomic E-state index is 12.5. The Morgan fingerprint density at radius 1 is 0.405 bits per heavy atom. The normalized spacial score (nSPS) is 7.78. The Labute approximate surface area is 532 Å². The first-order valence-electron chi connectivity index (χ1n) is 16.0. The number of nitrogens with zero attached hydrogens (tertiary/aromatic N) is 6. The molecule has 6 rings (SSSR count). The Balaban J connectivity index is -0.0000000304. The van der Waals surface area contributed by atoms with Gasteiger partial charge in [0.05, 0.1) is 29.7 Å². The van der Waals surface area contributed by atoms with Crippen molar-refractivity contribution in [1.29, 1.82) is 0 Å². The third-order valence-corrected chi connectivity index (χ3v) is 6.43. The zero-order valence-electron chi connectivity index (χ0n) is 38.7. The molecule has 0 aliphatic carbocycles. The third kappa shape index (κ3) is 56.7. The van der Waals surface area contributed by atoms with E-state index in [0.717, 1.165) is 41.9 Å². The van der Waals surface area contributed by atoms with Gasteiger partial charge in [0, 0.05) is 178 Å². The van der Waals surface area contributed by atoms with E-state index in [1.54, 1.807) is 37.5 Å². The molecule has 0 aliphatic heterocycles. The average Bonchev–Trinajstić information content (AvgIpc) is 3.14. The molecule has 0 spiro atoms. The van der Waals surface area contributed by atoms with Crippen LogP contribution in [0.2, 0.25) is 0 Å². The molecule has 74 heavy (non-hydrogen) atoms. The summed E-state index contributed by atoms with van der Waals surface area (Å²) >= 11 is 0. The van der Waals surface area contributed by atoms with E-state index in [0.29, 0.717) is 30.0 Å². The van der Waals surface area contributed by atoms with E-state index in [-0.39, 0.29) is 235 Å². The molecule has 6 nitrogen and oxygen atoms in total. The summed E-state index contributed by atoms with van der Waals surface area (Å²) in [5.74, 6) is -3.73. The van der Waals surface area contributed by atoms with Crippen LogP contribution in [0.15, 0.2) is 110 Å². The summed E-state index contributed by atoms with van der Waals surface area (Å²) in [7, 11) is 0. The van der Waals surface area contributed by atoms with Gasteiger partial charge in [-0.2, -0.15) is 39.5 Å². The molecule has 0 saturated heterocycles. The van der Waals surface area contributed by atoms with Crippen LogP contribution in [0.4, 0.5) is 52.7 Å². The van der Waals surface area contributed by atoms with Crippen LogP contribution in [0.3, 0.4) is 0 Å². The van der Waals surface area contributed by atoms with Crippen LogP contribution >= 0.6 is 0 Å². The molecule has 24 heteroatoms. The van der Waals surface area contributed by atoms with E-state index >= 15 is 0 Å². The van der Waals surface area contributed by atoms with Crippen LogP contribution in [0, 0.1) is 93.7 Å². The molecule has 426 valence electrons. The number of pyridine rings is 6. The van der Waals surface area contributed by atoms with Gasteiger partial charge in [-0.1, -0.05) is 58.4 Å². The van der Waals surface area contributed by atoms with Crippen molar-refractivity contribution in [3.8, 4) is 0 Å². The van der Waals surface area contributed by atoms with E-state index < -0.39 is 47.1 Å². The minimum absolute atomic E-state index is 0. The van der Waals surface area contributed by atoms with Gasteiger partial charge in [-0.15, -0.1) is 0 Å². The number of aryl methyl sites for hydroxylation is 4. The van der Waals surface area contributed by atoms with Crippen molar-refractivity contribution in [2.24, 2.45) is 0 Å². The van der Waals surface area contributed by atoms with Crippen molar-refractivity contribution in [3.05, 3.63) is 224 Å². The van der Waals surface area contributed by atoms with Crippen LogP contribution in [0.25, 0.3) is 0 Å². The standard InChI is InChI=1S/2C7H8FN.2C6H3F4N.2C6H6FN.6CH4.6CH3.6Nb/c1-2-6-3-4-9-5-7(6)8;1-2-6-3-4-9-7(8)5-6;7-5-3-11-2-1-4(5)6(8,9)10;7-5-3-4(1-2-11-5)6(8,9)10;1-5-2-3-8-4-6(5)7;1-5-2-3-8-6(7)4-5;;;;;;;;;;;;;;;;;;/h2*3-5H,2H2,1H3;2*1-3H;2*2-4H,1H3;6*1H4;6*1H3;;;;;;/q;;;;;;;;;;;;6*-1;;;;;;. The molecule has 0 aromatic carbocycles. The van der Waals surface area contributed by atoms with E-state index in [1.807, 2.05) is 26.8 Å². The molecule has 0 aliphatic rings. The smallest absolute Gasteiger partial charge is 0.358 e. The largest absolute Gasteiger partial charge is 0.419 e. The maximum atomic E-state index is 12.5. The first-order chi connectivity index (χ1) is 26.3. The van der Waals surface area contributed by atoms with Crippen molar-refractivity contribution in [1.82, 2.24) is 29.9 Å². The molecule has 6 aromatic heterocycles. The molecule has 0 atom stereocenters. The minimum Gasteiger partial charge on any atom is -0.358 e.